The van der Waals surface area contributed by atoms with Crippen molar-refractivity contribution in [3.8, 4) is 0 Å². The van der Waals surface area contributed by atoms with Crippen LogP contribution in [0.2, 0.25) is 209 Å². The van der Waals surface area contributed by atoms with Gasteiger partial charge in [-0.25, -0.2) is 0 Å². The Kier molecular flexibility index (Phi) is 59.1. The lowest BCUT2D eigenvalue weighted by Crippen LogP contribution is -2.50. The van der Waals surface area contributed by atoms with Gasteiger partial charge in [0.2, 0.25) is 0 Å². The van der Waals surface area contributed by atoms with Crippen molar-refractivity contribution < 1.29 is 40.4 Å². The molecule has 0 fully saturated rings. The molecule has 0 aromatic carbocycles. The molecule has 0 aromatic heterocycles. The third kappa shape index (κ3) is 247. The zero-order chi connectivity index (χ0) is 50.9. The Labute approximate surface area is 397 Å². The van der Waals surface area contributed by atoms with Gasteiger partial charge in [-0.2, -0.15) is 0 Å². The molecule has 0 radical (unpaired) electrons. The first-order valence-corrected chi connectivity index (χ1v) is 60.5. The van der Waals surface area contributed by atoms with E-state index in [1.54, 1.807) is 0 Å². The van der Waals surface area contributed by atoms with Crippen LogP contribution in [0, 0.1) is 5.92 Å². The lowest BCUT2D eigenvalue weighted by molar-refractivity contribution is 0.108. The fourth-order valence-corrected chi connectivity index (χ4v) is 21.8. The Morgan fingerprint density at radius 3 is 0.683 bits per heavy atom. The molecule has 0 spiro atoms. The maximum atomic E-state index is 8.66. The smallest absolute Gasteiger partial charge is 0.311 e. The molecule has 0 bridgehead atoms. The standard InChI is InChI=1S/C8H24O2Si3.C7H20O2Si2.C5H14Si.C4H14OSi2.4C3H10OSi.C2H6.CH4/c1-11(2,3)9-13(7,8)10-12(4,5)6;1-10(2,3)8-7-9-11(4,5)6;1-5(2)4-6-3;1-6(2)5-7(3)4;4*1-5(2,3)4;1-2;/h1-8H3;7H2,1-6H3;5H,4,6H2,1-3H3;6-7H,1-4H3;4*4H,1-3H3;1-2H3;1H4. The van der Waals surface area contributed by atoms with Crippen LogP contribution < -0.4 is 0 Å². The average molecular weight is 1070 g/mol. The van der Waals surface area contributed by atoms with Gasteiger partial charge in [-0.3, -0.25) is 0 Å². The van der Waals surface area contributed by atoms with Crippen LogP contribution in [0.3, 0.4) is 0 Å². The van der Waals surface area contributed by atoms with Gasteiger partial charge in [0.05, 0.1) is 0 Å². The van der Waals surface area contributed by atoms with Crippen molar-refractivity contribution in [2.75, 3.05) is 6.79 Å². The van der Waals surface area contributed by atoms with Crippen molar-refractivity contribution in [3.63, 3.8) is 0 Å². The second-order valence-electron chi connectivity index (χ2n) is 23.6. The van der Waals surface area contributed by atoms with E-state index in [9.17, 15) is 0 Å². The summed E-state index contributed by atoms with van der Waals surface area (Å²) in [7, 11) is -14.8. The highest BCUT2D eigenvalue weighted by atomic mass is 28.5. The van der Waals surface area contributed by atoms with E-state index < -0.39 is 93.2 Å². The minimum atomic E-state index is -1.85. The second-order valence-corrected chi connectivity index (χ2v) is 69.7. The average Bonchev–Trinajstić information content (AvgIpc) is 2.76. The second kappa shape index (κ2) is 41.4. The zero-order valence-electron chi connectivity index (χ0n) is 47.2. The number of rotatable bonds is 12. The predicted octanol–water partition coefficient (Wildman–Crippen LogP) is 13.2. The summed E-state index contributed by atoms with van der Waals surface area (Å²) >= 11 is 0. The van der Waals surface area contributed by atoms with Gasteiger partial charge >= 0.3 is 8.56 Å². The summed E-state index contributed by atoms with van der Waals surface area (Å²) in [5.74, 6) is 0.960. The monoisotopic (exact) mass is 1070 g/mol. The highest BCUT2D eigenvalue weighted by Gasteiger charge is 2.35. The lowest BCUT2D eigenvalue weighted by Gasteiger charge is -2.35. The summed E-state index contributed by atoms with van der Waals surface area (Å²) in [4.78, 5) is 34.6. The number of hydrogen-bond acceptors (Lipinski definition) is 9. The molecule has 0 heterocycles. The van der Waals surface area contributed by atoms with Crippen molar-refractivity contribution in [1.82, 2.24) is 0 Å². The van der Waals surface area contributed by atoms with E-state index in [-0.39, 0.29) is 7.43 Å². The fraction of sp³-hybridized carbons (Fsp3) is 1.00. The van der Waals surface area contributed by atoms with Crippen LogP contribution in [0.15, 0.2) is 0 Å². The molecule has 0 saturated heterocycles. The molecule has 0 aromatic rings. The molecule has 60 heavy (non-hydrogen) atoms. The van der Waals surface area contributed by atoms with E-state index in [2.05, 4.69) is 138 Å². The molecular formula is C39H122O9Si12. The van der Waals surface area contributed by atoms with Crippen LogP contribution in [0.25, 0.3) is 0 Å². The maximum absolute atomic E-state index is 8.66. The minimum absolute atomic E-state index is 0. The largest absolute Gasteiger partial charge is 0.461 e. The predicted molar refractivity (Wildman–Crippen MR) is 313 cm³/mol. The third-order valence-corrected chi connectivity index (χ3v) is 20.4. The molecule has 0 unspecified atom stereocenters. The normalized spacial score (nSPS) is 12.3. The van der Waals surface area contributed by atoms with Crippen LogP contribution in [-0.2, 0) is 21.2 Å². The molecule has 0 amide bonds. The van der Waals surface area contributed by atoms with E-state index >= 15 is 0 Å². The van der Waals surface area contributed by atoms with E-state index in [0.29, 0.717) is 16.3 Å². The maximum Gasteiger partial charge on any atom is 0.311 e. The van der Waals surface area contributed by atoms with Crippen molar-refractivity contribution in [2.24, 2.45) is 5.92 Å². The van der Waals surface area contributed by atoms with Gasteiger partial charge in [-0.15, -0.1) is 0 Å². The van der Waals surface area contributed by atoms with Crippen molar-refractivity contribution in [1.29, 1.82) is 0 Å². The summed E-state index contributed by atoms with van der Waals surface area (Å²) in [5.41, 5.74) is 0. The van der Waals surface area contributed by atoms with Gasteiger partial charge in [-0.05, 0) is 196 Å². The molecule has 0 atom stereocenters. The molecule has 0 aliphatic rings. The Hall–Kier alpha value is 2.24. The van der Waals surface area contributed by atoms with Crippen LogP contribution in [0.5, 0.6) is 0 Å². The lowest BCUT2D eigenvalue weighted by atomic mass is 10.3. The van der Waals surface area contributed by atoms with Crippen molar-refractivity contribution in [2.45, 2.75) is 244 Å². The number of hydrogen-bond donors (Lipinski definition) is 4. The van der Waals surface area contributed by atoms with Gasteiger partial charge in [0.15, 0.2) is 84.6 Å². The summed E-state index contributed by atoms with van der Waals surface area (Å²) < 4.78 is 28.8. The first-order valence-electron chi connectivity index (χ1n) is 22.2. The third-order valence-electron chi connectivity index (χ3n) is 3.50. The van der Waals surface area contributed by atoms with Crippen LogP contribution in [0.4, 0.5) is 0 Å². The molecule has 0 aliphatic carbocycles. The van der Waals surface area contributed by atoms with E-state index in [1.165, 1.54) is 6.04 Å². The van der Waals surface area contributed by atoms with E-state index in [1.807, 2.05) is 92.4 Å². The Bertz CT molecular complexity index is 754. The first-order chi connectivity index (χ1) is 25.0. The SMILES string of the molecule is C.CC.C[SiH2]CC(C)C.C[SiH](C)O[SiH](C)C.C[Si](C)(C)O.C[Si](C)(C)O.C[Si](C)(C)O.C[Si](C)(C)O.C[Si](C)(C)OCO[Si](C)(C)C.C[Si](C)(C)O[Si](C)(C)O[Si](C)(C)C. The first kappa shape index (κ1) is 85.5. The molecule has 9 nitrogen and oxygen atoms in total. The van der Waals surface area contributed by atoms with Crippen LogP contribution in [-0.4, -0.2) is 129 Å². The van der Waals surface area contributed by atoms with Gasteiger partial charge in [-0.1, -0.05) is 53.6 Å². The molecule has 0 rings (SSSR count). The van der Waals surface area contributed by atoms with Gasteiger partial charge < -0.3 is 40.4 Å². The molecule has 4 N–H and O–H groups in total. The van der Waals surface area contributed by atoms with E-state index in [0.717, 1.165) is 5.92 Å². The quantitative estimate of drug-likeness (QED) is 0.112. The van der Waals surface area contributed by atoms with Crippen molar-refractivity contribution >= 4 is 103 Å². The topological polar surface area (TPSA) is 127 Å². The molecule has 21 heteroatoms. The fourth-order valence-electron chi connectivity index (χ4n) is 3.00. The Morgan fingerprint density at radius 2 is 0.617 bits per heavy atom. The molecule has 0 saturated carbocycles. The highest BCUT2D eigenvalue weighted by molar-refractivity contribution is 6.87. The van der Waals surface area contributed by atoms with Crippen LogP contribution in [0.1, 0.15) is 35.1 Å². The van der Waals surface area contributed by atoms with Gasteiger partial charge in [0.25, 0.3) is 0 Å². The Balaban J connectivity index is -0.0000000608. The van der Waals surface area contributed by atoms with E-state index in [4.69, 9.17) is 40.4 Å². The Morgan fingerprint density at radius 1 is 0.433 bits per heavy atom. The molecule has 0 aliphatic heterocycles. The van der Waals surface area contributed by atoms with Gasteiger partial charge in [0, 0.05) is 9.52 Å². The van der Waals surface area contributed by atoms with Crippen LogP contribution >= 0.6 is 0 Å². The highest BCUT2D eigenvalue weighted by Crippen LogP contribution is 2.19. The summed E-state index contributed by atoms with van der Waals surface area (Å²) in [6.07, 6.45) is 0. The van der Waals surface area contributed by atoms with Crippen molar-refractivity contribution in [3.05, 3.63) is 0 Å². The zero-order valence-corrected chi connectivity index (χ0v) is 59.9. The summed E-state index contributed by atoms with van der Waals surface area (Å²) in [5, 5.41) is 0. The minimum Gasteiger partial charge on any atom is -0.461 e. The summed E-state index contributed by atoms with van der Waals surface area (Å²) in [6.45, 7) is 73.5. The molecular weight excluding hydrogens is 949 g/mol. The van der Waals surface area contributed by atoms with Gasteiger partial charge in [0.1, 0.15) is 6.79 Å². The summed E-state index contributed by atoms with van der Waals surface area (Å²) in [6, 6.07) is 1.51. The molecule has 380 valence electrons.